The van der Waals surface area contributed by atoms with Gasteiger partial charge in [0.2, 0.25) is 5.91 Å². The molecule has 0 spiro atoms. The Balaban J connectivity index is 1.11. The molecule has 310 valence electrons. The minimum Gasteiger partial charge on any atom is -0.453 e. The van der Waals surface area contributed by atoms with Crippen molar-refractivity contribution in [3.63, 3.8) is 0 Å². The van der Waals surface area contributed by atoms with Gasteiger partial charge in [-0.15, -0.1) is 0 Å². The van der Waals surface area contributed by atoms with Crippen molar-refractivity contribution in [2.75, 3.05) is 20.2 Å². The number of imidazole rings is 2. The highest BCUT2D eigenvalue weighted by Crippen LogP contribution is 2.36. The van der Waals surface area contributed by atoms with Crippen molar-refractivity contribution in [1.29, 1.82) is 0 Å². The topological polar surface area (TPSA) is 189 Å². The first-order valence-electron chi connectivity index (χ1n) is 19.7. The minimum absolute atomic E-state index is 0.0651. The molecule has 6 atom stereocenters. The molecule has 4 aromatic rings. The van der Waals surface area contributed by atoms with Crippen LogP contribution < -0.4 is 11.1 Å². The van der Waals surface area contributed by atoms with E-state index in [2.05, 4.69) is 30.0 Å². The predicted molar refractivity (Wildman–Crippen MR) is 212 cm³/mol. The summed E-state index contributed by atoms with van der Waals surface area (Å²) in [6.07, 6.45) is 1.50. The number of hydrogen-bond acceptors (Lipinski definition) is 8. The van der Waals surface area contributed by atoms with Gasteiger partial charge in [0, 0.05) is 19.4 Å². The highest BCUT2D eigenvalue weighted by Gasteiger charge is 2.42. The van der Waals surface area contributed by atoms with E-state index in [4.69, 9.17) is 10.5 Å². The Morgan fingerprint density at radius 1 is 0.914 bits per heavy atom. The van der Waals surface area contributed by atoms with Crippen molar-refractivity contribution >= 4 is 24.0 Å². The van der Waals surface area contributed by atoms with E-state index in [0.29, 0.717) is 30.3 Å². The number of carbonyl (C=O) groups excluding carboxylic acids is 4. The molecule has 16 heteroatoms. The van der Waals surface area contributed by atoms with Crippen LogP contribution in [-0.2, 0) is 19.1 Å². The number of ether oxygens (including phenoxy) is 2. The molecule has 0 bridgehead atoms. The summed E-state index contributed by atoms with van der Waals surface area (Å²) in [7, 11) is 1.20. The number of primary amides is 1. The van der Waals surface area contributed by atoms with Crippen molar-refractivity contribution in [3.05, 3.63) is 72.6 Å². The molecule has 2 saturated heterocycles. The van der Waals surface area contributed by atoms with Crippen LogP contribution in [0.3, 0.4) is 0 Å². The zero-order valence-electron chi connectivity index (χ0n) is 33.5. The van der Waals surface area contributed by atoms with E-state index in [9.17, 15) is 28.0 Å². The first-order valence-corrected chi connectivity index (χ1v) is 19.7. The molecule has 58 heavy (non-hydrogen) atoms. The Bertz CT molecular complexity index is 2060. The summed E-state index contributed by atoms with van der Waals surface area (Å²) in [5.74, 6) is 0.269. The molecule has 2 aliphatic rings. The quantitative estimate of drug-likeness (QED) is 0.103. The second kappa shape index (κ2) is 17.8. The maximum Gasteiger partial charge on any atom is 0.407 e. The monoisotopic (exact) mass is 802 g/mol. The van der Waals surface area contributed by atoms with Crippen molar-refractivity contribution in [2.45, 2.75) is 102 Å². The molecule has 6 rings (SSSR count). The van der Waals surface area contributed by atoms with Gasteiger partial charge in [-0.05, 0) is 61.3 Å². The number of amides is 4. The number of halogens is 2. The molecule has 5 N–H and O–H groups in total. The van der Waals surface area contributed by atoms with Crippen LogP contribution in [0.25, 0.3) is 33.6 Å². The van der Waals surface area contributed by atoms with Gasteiger partial charge >= 0.3 is 12.2 Å². The Kier molecular flexibility index (Phi) is 12.8. The third-order valence-corrected chi connectivity index (χ3v) is 10.9. The molecule has 0 saturated carbocycles. The second-order valence-electron chi connectivity index (χ2n) is 15.8. The number of aromatic nitrogens is 4. The number of alkyl halides is 2. The van der Waals surface area contributed by atoms with Gasteiger partial charge in [0.15, 0.2) is 6.10 Å². The van der Waals surface area contributed by atoms with Crippen LogP contribution in [-0.4, -0.2) is 97.9 Å². The van der Waals surface area contributed by atoms with Gasteiger partial charge in [-0.2, -0.15) is 0 Å². The standard InChI is InChI=1S/C42H52F2N8O6/c1-6-24(2)18-35(58-40(45)55)39(54)52-23-29(43)19-34(52)37-47-22-32(49-37)28-15-11-26(12-16-28)25-9-13-27(14-10-25)31-21-46-36(48-31)33-8-7-17-51(33)38(53)30(20-42(3,4)44)50-41(56)57-5/h9-16,21-22,24,29-30,33-35H,6-8,17-20,23H2,1-5H3,(H2,45,55)(H,46,48)(H,47,49)(H,50,56)/t24?,29-,30+,33?,34+,35+/m1/s1. The normalized spacial score (nSPS) is 19.7. The van der Waals surface area contributed by atoms with Crippen molar-refractivity contribution < 1.29 is 37.4 Å². The number of hydrogen-bond donors (Lipinski definition) is 4. The van der Waals surface area contributed by atoms with E-state index in [0.717, 1.165) is 40.8 Å². The molecule has 0 aliphatic carbocycles. The summed E-state index contributed by atoms with van der Waals surface area (Å²) in [5, 5.41) is 2.50. The van der Waals surface area contributed by atoms with E-state index in [-0.39, 0.29) is 43.7 Å². The highest BCUT2D eigenvalue weighted by molar-refractivity contribution is 5.86. The molecular weight excluding hydrogens is 751 g/mol. The summed E-state index contributed by atoms with van der Waals surface area (Å²) in [5.41, 5.74) is 8.75. The first kappa shape index (κ1) is 41.8. The van der Waals surface area contributed by atoms with Crippen molar-refractivity contribution in [3.8, 4) is 33.6 Å². The van der Waals surface area contributed by atoms with Gasteiger partial charge in [-0.1, -0.05) is 68.8 Å². The van der Waals surface area contributed by atoms with E-state index >= 15 is 0 Å². The summed E-state index contributed by atoms with van der Waals surface area (Å²) >= 11 is 0. The lowest BCUT2D eigenvalue weighted by Crippen LogP contribution is -2.50. The molecule has 0 radical (unpaired) electrons. The molecule has 2 aliphatic heterocycles. The molecule has 14 nitrogen and oxygen atoms in total. The van der Waals surface area contributed by atoms with Crippen molar-refractivity contribution in [1.82, 2.24) is 35.1 Å². The predicted octanol–water partition coefficient (Wildman–Crippen LogP) is 7.17. The lowest BCUT2D eigenvalue weighted by Gasteiger charge is -2.30. The van der Waals surface area contributed by atoms with Gasteiger partial charge in [-0.3, -0.25) is 9.59 Å². The van der Waals surface area contributed by atoms with Gasteiger partial charge in [0.25, 0.3) is 5.91 Å². The van der Waals surface area contributed by atoms with E-state index in [1.165, 1.54) is 25.9 Å². The van der Waals surface area contributed by atoms with Gasteiger partial charge in [-0.25, -0.2) is 28.3 Å². The molecular formula is C42H52F2N8O6. The van der Waals surface area contributed by atoms with E-state index in [1.54, 1.807) is 17.3 Å². The average molecular weight is 803 g/mol. The average Bonchev–Trinajstić information content (AvgIpc) is 4.03. The molecule has 4 amide bonds. The van der Waals surface area contributed by atoms with Crippen LogP contribution in [0.1, 0.15) is 90.0 Å². The van der Waals surface area contributed by atoms with Gasteiger partial charge < -0.3 is 40.3 Å². The Morgan fingerprint density at radius 3 is 1.98 bits per heavy atom. The van der Waals surface area contributed by atoms with Crippen LogP contribution in [0.4, 0.5) is 18.4 Å². The Labute approximate surface area is 336 Å². The van der Waals surface area contributed by atoms with Gasteiger partial charge in [0.05, 0.1) is 49.5 Å². The molecule has 2 unspecified atom stereocenters. The van der Waals surface area contributed by atoms with E-state index in [1.807, 2.05) is 62.4 Å². The Morgan fingerprint density at radius 2 is 1.47 bits per heavy atom. The fraction of sp³-hybridized carbons (Fsp3) is 0.476. The first-order chi connectivity index (χ1) is 27.6. The number of H-pyrrole nitrogens is 2. The Hall–Kier alpha value is -5.80. The zero-order chi connectivity index (χ0) is 41.7. The van der Waals surface area contributed by atoms with Crippen LogP contribution in [0, 0.1) is 5.92 Å². The van der Waals surface area contributed by atoms with Crippen LogP contribution in [0.15, 0.2) is 60.9 Å². The van der Waals surface area contributed by atoms with Crippen molar-refractivity contribution in [2.24, 2.45) is 11.7 Å². The number of aromatic amines is 2. The summed E-state index contributed by atoms with van der Waals surface area (Å²) in [6.45, 7) is 6.97. The second-order valence-corrected chi connectivity index (χ2v) is 15.8. The number of rotatable bonds is 14. The minimum atomic E-state index is -1.69. The highest BCUT2D eigenvalue weighted by atomic mass is 19.1. The number of nitrogens with two attached hydrogens (primary N) is 1. The summed E-state index contributed by atoms with van der Waals surface area (Å²) in [4.78, 5) is 69.5. The number of nitrogens with zero attached hydrogens (tertiary/aromatic N) is 4. The maximum atomic E-state index is 14.8. The molecule has 4 heterocycles. The maximum absolute atomic E-state index is 14.8. The molecule has 2 fully saturated rings. The summed E-state index contributed by atoms with van der Waals surface area (Å²) in [6, 6.07) is 13.7. The molecule has 2 aromatic heterocycles. The lowest BCUT2D eigenvalue weighted by atomic mass is 9.99. The number of methoxy groups -OCH3 is 1. The van der Waals surface area contributed by atoms with Crippen LogP contribution in [0.5, 0.6) is 0 Å². The smallest absolute Gasteiger partial charge is 0.407 e. The number of carbonyl (C=O) groups is 4. The number of benzene rings is 2. The lowest BCUT2D eigenvalue weighted by molar-refractivity contribution is -0.142. The third-order valence-electron chi connectivity index (χ3n) is 10.9. The SMILES string of the molecule is CCC(C)C[C@H](OC(N)=O)C(=O)N1C[C@H](F)C[C@H]1c1ncc(-c2ccc(-c3ccc(-c4cnc(C5CCCN5C(=O)[C@H](CC(C)(C)F)NC(=O)OC)[nH]4)cc3)cc2)[nH]1. The number of nitrogens with one attached hydrogen (secondary N) is 3. The fourth-order valence-corrected chi connectivity index (χ4v) is 7.74. The largest absolute Gasteiger partial charge is 0.453 e. The number of alkyl carbamates (subject to hydrolysis) is 1. The van der Waals surface area contributed by atoms with Crippen LogP contribution >= 0.6 is 0 Å². The van der Waals surface area contributed by atoms with Gasteiger partial charge in [0.1, 0.15) is 29.5 Å². The third kappa shape index (κ3) is 9.83. The fourth-order valence-electron chi connectivity index (χ4n) is 7.74. The van der Waals surface area contributed by atoms with Crippen LogP contribution in [0.2, 0.25) is 0 Å². The molecule has 2 aromatic carbocycles. The summed E-state index contributed by atoms with van der Waals surface area (Å²) < 4.78 is 39.3. The number of likely N-dealkylation sites (tertiary alicyclic amines) is 2. The van der Waals surface area contributed by atoms with E-state index < -0.39 is 48.1 Å². The zero-order valence-corrected chi connectivity index (χ0v) is 33.5.